The van der Waals surface area contributed by atoms with Gasteiger partial charge in [0.05, 0.1) is 0 Å². The molecule has 83 valence electrons. The van der Waals surface area contributed by atoms with Gasteiger partial charge < -0.3 is 0 Å². The second-order valence-corrected chi connectivity index (χ2v) is 6.60. The zero-order valence-corrected chi connectivity index (χ0v) is 11.0. The number of hydrogen-bond donors (Lipinski definition) is 0. The normalized spacial score (nSPS) is 18.6. The zero-order chi connectivity index (χ0) is 10.1. The van der Waals surface area contributed by atoms with Crippen LogP contribution in [0.5, 0.6) is 0 Å². The lowest BCUT2D eigenvalue weighted by atomic mass is 9.88. The molecule has 0 aromatic heterocycles. The Bertz CT molecular complexity index is 119. The second-order valence-electron chi connectivity index (χ2n) is 4.10. The summed E-state index contributed by atoms with van der Waals surface area (Å²) in [5.74, 6) is 3.68. The Morgan fingerprint density at radius 2 is 1.93 bits per heavy atom. The van der Waals surface area contributed by atoms with Crippen molar-refractivity contribution < 1.29 is 0 Å². The summed E-state index contributed by atoms with van der Waals surface area (Å²) in [5.41, 5.74) is 0. The minimum absolute atomic E-state index is 1.07. The van der Waals surface area contributed by atoms with E-state index < -0.39 is 0 Å². The molecule has 0 heterocycles. The molecule has 1 saturated carbocycles. The molecule has 0 nitrogen and oxygen atoms in total. The number of hydrogen-bond acceptors (Lipinski definition) is 2. The molecule has 14 heavy (non-hydrogen) atoms. The van der Waals surface area contributed by atoms with Crippen molar-refractivity contribution in [1.82, 2.24) is 0 Å². The van der Waals surface area contributed by atoms with Crippen LogP contribution in [0.3, 0.4) is 0 Å². The third-order valence-corrected chi connectivity index (χ3v) is 5.27. The lowest BCUT2D eigenvalue weighted by Gasteiger charge is -2.20. The van der Waals surface area contributed by atoms with E-state index in [1.807, 2.05) is 11.8 Å². The maximum absolute atomic E-state index is 2.24. The monoisotopic (exact) mass is 231 g/mol. The molecule has 0 aliphatic heterocycles. The van der Waals surface area contributed by atoms with E-state index in [1.165, 1.54) is 55.1 Å². The molecule has 1 fully saturated rings. The van der Waals surface area contributed by atoms with Crippen molar-refractivity contribution in [3.63, 3.8) is 0 Å². The van der Waals surface area contributed by atoms with E-state index in [2.05, 4.69) is 25.1 Å². The largest absolute Gasteiger partial charge is 0.151 e. The molecule has 2 heteroatoms. The van der Waals surface area contributed by atoms with E-state index in [9.17, 15) is 0 Å². The van der Waals surface area contributed by atoms with E-state index in [0.717, 1.165) is 5.92 Å². The summed E-state index contributed by atoms with van der Waals surface area (Å²) in [6.45, 7) is 2.14. The van der Waals surface area contributed by atoms with Crippen LogP contribution in [0.15, 0.2) is 0 Å². The predicted octanol–water partition coefficient (Wildman–Crippen LogP) is 4.60. The molecule has 0 unspecified atom stereocenters. The standard InChI is InChI=1S/C12H23S2/c1-2-9-13-11-14-10-8-12-6-4-3-5-7-12/h2,12H,3-11H2,1H3. The van der Waals surface area contributed by atoms with Gasteiger partial charge in [0.25, 0.3) is 0 Å². The first-order valence-corrected chi connectivity index (χ1v) is 8.17. The first-order valence-electron chi connectivity index (χ1n) is 5.87. The van der Waals surface area contributed by atoms with Crippen LogP contribution in [0.1, 0.15) is 45.4 Å². The van der Waals surface area contributed by atoms with Crippen molar-refractivity contribution in [3.8, 4) is 0 Å². The van der Waals surface area contributed by atoms with Crippen LogP contribution in [0.4, 0.5) is 0 Å². The Morgan fingerprint density at radius 1 is 1.14 bits per heavy atom. The third-order valence-electron chi connectivity index (χ3n) is 2.85. The maximum Gasteiger partial charge on any atom is 0.0392 e. The Labute approximate surface area is 98.0 Å². The molecule has 0 atom stereocenters. The molecule has 0 aromatic rings. The fourth-order valence-corrected chi connectivity index (χ4v) is 4.07. The summed E-state index contributed by atoms with van der Waals surface area (Å²) in [6, 6.07) is 0. The summed E-state index contributed by atoms with van der Waals surface area (Å²) in [7, 11) is 0. The van der Waals surface area contributed by atoms with Crippen LogP contribution >= 0.6 is 23.5 Å². The molecule has 1 aliphatic rings. The summed E-state index contributed by atoms with van der Waals surface area (Å²) in [5, 5.41) is 1.29. The summed E-state index contributed by atoms with van der Waals surface area (Å²) < 4.78 is 0. The molecule has 0 saturated heterocycles. The fraction of sp³-hybridized carbons (Fsp3) is 0.917. The second kappa shape index (κ2) is 8.96. The number of thioether (sulfide) groups is 2. The van der Waals surface area contributed by atoms with Crippen LogP contribution in [-0.4, -0.2) is 16.6 Å². The topological polar surface area (TPSA) is 0 Å². The van der Waals surface area contributed by atoms with E-state index in [0.29, 0.717) is 0 Å². The van der Waals surface area contributed by atoms with Gasteiger partial charge in [0.2, 0.25) is 0 Å². The molecule has 0 amide bonds. The Kier molecular flexibility index (Phi) is 8.18. The maximum atomic E-state index is 2.24. The van der Waals surface area contributed by atoms with E-state index in [-0.39, 0.29) is 0 Å². The summed E-state index contributed by atoms with van der Waals surface area (Å²) >= 11 is 4.18. The lowest BCUT2D eigenvalue weighted by Crippen LogP contribution is -2.06. The quantitative estimate of drug-likeness (QED) is 0.464. The van der Waals surface area contributed by atoms with Crippen LogP contribution < -0.4 is 0 Å². The van der Waals surface area contributed by atoms with E-state index in [1.54, 1.807) is 0 Å². The molecule has 0 N–H and O–H groups in total. The molecule has 0 aromatic carbocycles. The lowest BCUT2D eigenvalue weighted by molar-refractivity contribution is 0.351. The highest BCUT2D eigenvalue weighted by Crippen LogP contribution is 2.27. The highest BCUT2D eigenvalue weighted by Gasteiger charge is 2.12. The van der Waals surface area contributed by atoms with Crippen molar-refractivity contribution in [1.29, 1.82) is 0 Å². The van der Waals surface area contributed by atoms with Crippen LogP contribution in [0.25, 0.3) is 0 Å². The van der Waals surface area contributed by atoms with Crippen LogP contribution in [0, 0.1) is 12.3 Å². The van der Waals surface area contributed by atoms with Crippen molar-refractivity contribution in [3.05, 3.63) is 6.42 Å². The van der Waals surface area contributed by atoms with Crippen LogP contribution in [0.2, 0.25) is 0 Å². The fourth-order valence-electron chi connectivity index (χ4n) is 2.01. The summed E-state index contributed by atoms with van der Waals surface area (Å²) in [6.07, 6.45) is 11.2. The molecule has 1 aliphatic carbocycles. The van der Waals surface area contributed by atoms with Gasteiger partial charge in [-0.15, -0.1) is 0 Å². The molecular weight excluding hydrogens is 208 g/mol. The highest BCUT2D eigenvalue weighted by molar-refractivity contribution is 8.16. The molecule has 0 spiro atoms. The minimum atomic E-state index is 1.07. The molecule has 1 radical (unpaired) electrons. The van der Waals surface area contributed by atoms with Crippen molar-refractivity contribution in [2.75, 3.05) is 16.6 Å². The van der Waals surface area contributed by atoms with Crippen LogP contribution in [-0.2, 0) is 0 Å². The van der Waals surface area contributed by atoms with Gasteiger partial charge in [-0.05, 0) is 30.3 Å². The molecule has 0 bridgehead atoms. The third kappa shape index (κ3) is 6.23. The SMILES string of the molecule is C[CH]CSCSCCC1CCCCC1. The van der Waals surface area contributed by atoms with Crippen molar-refractivity contribution >= 4 is 23.5 Å². The van der Waals surface area contributed by atoms with E-state index >= 15 is 0 Å². The van der Waals surface area contributed by atoms with Gasteiger partial charge in [0, 0.05) is 5.08 Å². The summed E-state index contributed by atoms with van der Waals surface area (Å²) in [4.78, 5) is 0. The van der Waals surface area contributed by atoms with Crippen molar-refractivity contribution in [2.45, 2.75) is 45.4 Å². The van der Waals surface area contributed by atoms with Gasteiger partial charge >= 0.3 is 0 Å². The first-order chi connectivity index (χ1) is 6.93. The minimum Gasteiger partial charge on any atom is -0.151 e. The molecular formula is C12H23S2. The first kappa shape index (κ1) is 12.8. The van der Waals surface area contributed by atoms with Crippen molar-refractivity contribution in [2.24, 2.45) is 5.92 Å². The average molecular weight is 231 g/mol. The predicted molar refractivity (Wildman–Crippen MR) is 70.9 cm³/mol. The Balaban J connectivity index is 1.82. The number of rotatable bonds is 7. The van der Waals surface area contributed by atoms with Gasteiger partial charge in [0.15, 0.2) is 0 Å². The van der Waals surface area contributed by atoms with Gasteiger partial charge in [-0.1, -0.05) is 39.0 Å². The van der Waals surface area contributed by atoms with Gasteiger partial charge in [-0.3, -0.25) is 0 Å². The zero-order valence-electron chi connectivity index (χ0n) is 9.34. The highest BCUT2D eigenvalue weighted by atomic mass is 32.2. The van der Waals surface area contributed by atoms with Gasteiger partial charge in [-0.25, -0.2) is 0 Å². The van der Waals surface area contributed by atoms with Gasteiger partial charge in [-0.2, -0.15) is 23.5 Å². The Morgan fingerprint density at radius 3 is 2.64 bits per heavy atom. The molecule has 1 rings (SSSR count). The van der Waals surface area contributed by atoms with E-state index in [4.69, 9.17) is 0 Å². The van der Waals surface area contributed by atoms with Gasteiger partial charge in [0.1, 0.15) is 0 Å². The average Bonchev–Trinajstić information content (AvgIpc) is 2.25. The smallest absolute Gasteiger partial charge is 0.0392 e. The Hall–Kier alpha value is 0.700.